The molecule has 0 bridgehead atoms. The molecule has 0 unspecified atom stereocenters. The Kier molecular flexibility index (Phi) is 5.38. The van der Waals surface area contributed by atoms with E-state index in [1.165, 1.54) is 0 Å². The zero-order valence-corrected chi connectivity index (χ0v) is 11.7. The average Bonchev–Trinajstić information content (AvgIpc) is 2.50. The van der Waals surface area contributed by atoms with Gasteiger partial charge in [-0.25, -0.2) is 0 Å². The zero-order chi connectivity index (χ0) is 15.4. The fraction of sp³-hybridized carbons (Fsp3) is 0.462. The summed E-state index contributed by atoms with van der Waals surface area (Å²) in [5.74, 6) is 0.364. The van der Waals surface area contributed by atoms with Crippen LogP contribution in [0.3, 0.4) is 0 Å². The molecule has 0 saturated carbocycles. The number of aliphatic imine (C=N–C) groups is 1. The zero-order valence-electron chi connectivity index (χ0n) is 10.9. The molecular weight excluding hydrogens is 298 g/mol. The largest absolute Gasteiger partial charge is 0.462 e. The first kappa shape index (κ1) is 16.0. The summed E-state index contributed by atoms with van der Waals surface area (Å²) in [5.41, 5.74) is 0.589. The van der Waals surface area contributed by atoms with Crippen LogP contribution in [0, 0.1) is 0 Å². The third-order valence-electron chi connectivity index (χ3n) is 3.11. The second-order valence-corrected chi connectivity index (χ2v) is 4.69. The van der Waals surface area contributed by atoms with Crippen LogP contribution >= 0.6 is 12.2 Å². The molecule has 114 valence electrons. The Hall–Kier alpha value is -1.38. The molecule has 0 amide bonds. The predicted octanol–water partition coefficient (Wildman–Crippen LogP) is -0.400. The average molecular weight is 313 g/mol. The highest BCUT2D eigenvalue weighted by Crippen LogP contribution is 2.25. The van der Waals surface area contributed by atoms with Crippen LogP contribution in [0.15, 0.2) is 29.3 Å². The number of benzene rings is 1. The number of nitrogens with zero attached hydrogens (tertiary/aromatic N) is 1. The summed E-state index contributed by atoms with van der Waals surface area (Å²) in [5, 5.41) is 40.5. The van der Waals surface area contributed by atoms with Crippen molar-refractivity contribution in [2.24, 2.45) is 4.99 Å². The van der Waals surface area contributed by atoms with E-state index in [1.807, 2.05) is 0 Å². The predicted molar refractivity (Wildman–Crippen MR) is 75.5 cm³/mol. The summed E-state index contributed by atoms with van der Waals surface area (Å²) in [7, 11) is 0. The first-order chi connectivity index (χ1) is 10.1. The second-order valence-electron chi connectivity index (χ2n) is 4.51. The lowest BCUT2D eigenvalue weighted by molar-refractivity contribution is -0.277. The van der Waals surface area contributed by atoms with E-state index in [1.54, 1.807) is 24.3 Å². The van der Waals surface area contributed by atoms with Gasteiger partial charge in [0.25, 0.3) is 0 Å². The van der Waals surface area contributed by atoms with Crippen molar-refractivity contribution < 1.29 is 29.9 Å². The van der Waals surface area contributed by atoms with Crippen LogP contribution in [0.25, 0.3) is 0 Å². The first-order valence-electron chi connectivity index (χ1n) is 6.22. The molecule has 21 heavy (non-hydrogen) atoms. The molecule has 1 aromatic rings. The van der Waals surface area contributed by atoms with E-state index in [9.17, 15) is 15.3 Å². The van der Waals surface area contributed by atoms with Crippen molar-refractivity contribution in [2.45, 2.75) is 30.7 Å². The lowest BCUT2D eigenvalue weighted by atomic mass is 9.99. The van der Waals surface area contributed by atoms with Crippen LogP contribution in [0.5, 0.6) is 5.75 Å². The number of ether oxygens (including phenoxy) is 2. The fourth-order valence-corrected chi connectivity index (χ4v) is 2.06. The summed E-state index contributed by atoms with van der Waals surface area (Å²) in [4.78, 5) is 3.78. The van der Waals surface area contributed by atoms with Gasteiger partial charge in [0.1, 0.15) is 30.2 Å². The highest BCUT2D eigenvalue weighted by molar-refractivity contribution is 7.78. The minimum absolute atomic E-state index is 0.364. The Labute approximate surface area is 126 Å². The van der Waals surface area contributed by atoms with Crippen molar-refractivity contribution in [3.63, 3.8) is 0 Å². The van der Waals surface area contributed by atoms with E-state index in [0.29, 0.717) is 11.4 Å². The van der Waals surface area contributed by atoms with Crippen LogP contribution in [0.2, 0.25) is 0 Å². The molecule has 1 saturated heterocycles. The number of hydrogen-bond acceptors (Lipinski definition) is 8. The van der Waals surface area contributed by atoms with Crippen molar-refractivity contribution >= 4 is 23.1 Å². The van der Waals surface area contributed by atoms with Crippen molar-refractivity contribution in [3.8, 4) is 5.75 Å². The van der Waals surface area contributed by atoms with Gasteiger partial charge in [0.2, 0.25) is 6.29 Å². The maximum Gasteiger partial charge on any atom is 0.229 e. The molecule has 1 heterocycles. The second kappa shape index (κ2) is 7.06. The van der Waals surface area contributed by atoms with Gasteiger partial charge in [-0.15, -0.1) is 0 Å². The molecule has 1 aliphatic rings. The van der Waals surface area contributed by atoms with Crippen LogP contribution in [-0.4, -0.2) is 62.9 Å². The van der Waals surface area contributed by atoms with Gasteiger partial charge < -0.3 is 29.9 Å². The normalized spacial score (nSPS) is 32.3. The quantitative estimate of drug-likeness (QED) is 0.442. The molecule has 8 heteroatoms. The van der Waals surface area contributed by atoms with Gasteiger partial charge >= 0.3 is 0 Å². The van der Waals surface area contributed by atoms with Crippen LogP contribution in [0.4, 0.5) is 5.69 Å². The van der Waals surface area contributed by atoms with Crippen LogP contribution < -0.4 is 4.74 Å². The molecule has 0 aromatic heterocycles. The molecular formula is C13H15NO6S. The smallest absolute Gasteiger partial charge is 0.229 e. The molecule has 0 radical (unpaired) electrons. The molecule has 5 atom stereocenters. The topological polar surface area (TPSA) is 112 Å². The van der Waals surface area contributed by atoms with E-state index < -0.39 is 37.3 Å². The first-order valence-corrected chi connectivity index (χ1v) is 6.62. The Balaban J connectivity index is 2.08. The summed E-state index contributed by atoms with van der Waals surface area (Å²) >= 11 is 4.49. The van der Waals surface area contributed by atoms with Crippen LogP contribution in [0.1, 0.15) is 0 Å². The molecule has 0 spiro atoms. The lowest BCUT2D eigenvalue weighted by Crippen LogP contribution is -2.60. The summed E-state index contributed by atoms with van der Waals surface area (Å²) in [6.07, 6.45) is -6.54. The standard InChI is InChI=1S/C13H15NO6S/c15-5-9-10(16)11(17)12(18)13(20-9)19-8-3-1-7(2-4-8)14-6-21/h1-4,9-13,15-18H,5H2/t9-,10-,11+,12+,13-/m1/s1. The maximum atomic E-state index is 9.84. The van der Waals surface area contributed by atoms with Crippen molar-refractivity contribution in [3.05, 3.63) is 24.3 Å². The van der Waals surface area contributed by atoms with Crippen molar-refractivity contribution in [1.29, 1.82) is 0 Å². The third kappa shape index (κ3) is 3.63. The Bertz CT molecular complexity index is 516. The highest BCUT2D eigenvalue weighted by atomic mass is 32.1. The number of isothiocyanates is 1. The van der Waals surface area contributed by atoms with Gasteiger partial charge in [0.05, 0.1) is 17.5 Å². The molecule has 1 aliphatic heterocycles. The van der Waals surface area contributed by atoms with Crippen molar-refractivity contribution in [1.82, 2.24) is 0 Å². The minimum atomic E-state index is -1.47. The van der Waals surface area contributed by atoms with Crippen molar-refractivity contribution in [2.75, 3.05) is 6.61 Å². The van der Waals surface area contributed by atoms with Crippen LogP contribution in [-0.2, 0) is 4.74 Å². The maximum absolute atomic E-state index is 9.84. The van der Waals surface area contributed by atoms with Gasteiger partial charge in [0.15, 0.2) is 0 Å². The summed E-state index contributed by atoms with van der Waals surface area (Å²) in [6.45, 7) is -0.507. The Morgan fingerprint density at radius 3 is 2.38 bits per heavy atom. The Morgan fingerprint density at radius 2 is 1.81 bits per heavy atom. The Morgan fingerprint density at radius 1 is 1.14 bits per heavy atom. The summed E-state index contributed by atoms with van der Waals surface area (Å²) in [6, 6.07) is 6.40. The van der Waals surface area contributed by atoms with Gasteiger partial charge in [-0.3, -0.25) is 0 Å². The number of aliphatic hydroxyl groups excluding tert-OH is 4. The monoisotopic (exact) mass is 313 g/mol. The molecule has 7 nitrogen and oxygen atoms in total. The molecule has 0 aliphatic carbocycles. The lowest BCUT2D eigenvalue weighted by Gasteiger charge is -2.39. The molecule has 2 rings (SSSR count). The number of aliphatic hydroxyl groups is 4. The molecule has 4 N–H and O–H groups in total. The fourth-order valence-electron chi connectivity index (χ4n) is 1.95. The molecule has 1 fully saturated rings. The van der Waals surface area contributed by atoms with E-state index >= 15 is 0 Å². The number of rotatable bonds is 4. The van der Waals surface area contributed by atoms with Gasteiger partial charge in [-0.2, -0.15) is 4.99 Å². The van der Waals surface area contributed by atoms with E-state index in [-0.39, 0.29) is 0 Å². The van der Waals surface area contributed by atoms with E-state index in [2.05, 4.69) is 22.4 Å². The van der Waals surface area contributed by atoms with E-state index in [0.717, 1.165) is 0 Å². The SMILES string of the molecule is OC[C@H]1O[C@@H](Oc2ccc(N=C=S)cc2)[C@@H](O)[C@@H](O)[C@@H]1O. The van der Waals surface area contributed by atoms with E-state index in [4.69, 9.17) is 14.6 Å². The van der Waals surface area contributed by atoms with Gasteiger partial charge in [-0.1, -0.05) is 0 Å². The third-order valence-corrected chi connectivity index (χ3v) is 3.20. The number of hydrogen-bond donors (Lipinski definition) is 4. The summed E-state index contributed by atoms with van der Waals surface area (Å²) < 4.78 is 10.6. The van der Waals surface area contributed by atoms with Gasteiger partial charge in [-0.05, 0) is 36.5 Å². The number of thiocarbonyl (C=S) groups is 1. The molecule has 1 aromatic carbocycles. The van der Waals surface area contributed by atoms with Gasteiger partial charge in [0, 0.05) is 0 Å². The minimum Gasteiger partial charge on any atom is -0.462 e. The highest BCUT2D eigenvalue weighted by Gasteiger charge is 2.44.